The number of aliphatic hydroxyl groups excluding tert-OH is 1. The second-order valence-electron chi connectivity index (χ2n) is 3.64. The summed E-state index contributed by atoms with van der Waals surface area (Å²) in [6, 6.07) is -0.180. The van der Waals surface area contributed by atoms with Gasteiger partial charge >= 0.3 is 0 Å². The van der Waals surface area contributed by atoms with Crippen molar-refractivity contribution in [2.24, 2.45) is 11.7 Å². The highest BCUT2D eigenvalue weighted by Gasteiger charge is 2.18. The Hall–Kier alpha value is -0.450. The zero-order valence-electron chi connectivity index (χ0n) is 7.97. The lowest BCUT2D eigenvalue weighted by atomic mass is 9.99. The molecule has 1 heterocycles. The van der Waals surface area contributed by atoms with E-state index >= 15 is 0 Å². The Morgan fingerprint density at radius 3 is 2.77 bits per heavy atom. The van der Waals surface area contributed by atoms with Crippen LogP contribution in [0.1, 0.15) is 31.2 Å². The van der Waals surface area contributed by atoms with Crippen molar-refractivity contribution in [3.8, 4) is 0 Å². The van der Waals surface area contributed by atoms with E-state index in [0.717, 1.165) is 11.3 Å². The first-order valence-electron chi connectivity index (χ1n) is 4.43. The first kappa shape index (κ1) is 10.6. The highest BCUT2D eigenvalue weighted by Crippen LogP contribution is 2.22. The number of hydrogen-bond donors (Lipinski definition) is 2. The molecule has 0 amide bonds. The number of nitrogens with two attached hydrogens (primary N) is 1. The van der Waals surface area contributed by atoms with Crippen molar-refractivity contribution in [1.82, 2.24) is 4.98 Å². The van der Waals surface area contributed by atoms with Crippen LogP contribution in [0.3, 0.4) is 0 Å². The third-order valence-corrected chi connectivity index (χ3v) is 2.74. The molecule has 13 heavy (non-hydrogen) atoms. The smallest absolute Gasteiger partial charge is 0.105 e. The minimum absolute atomic E-state index is 0.180. The molecule has 0 aromatic carbocycles. The normalized spacial score (nSPS) is 16.1. The van der Waals surface area contributed by atoms with E-state index in [1.807, 2.05) is 0 Å². The van der Waals surface area contributed by atoms with Gasteiger partial charge in [0.25, 0.3) is 0 Å². The molecular weight excluding hydrogens is 184 g/mol. The van der Waals surface area contributed by atoms with E-state index in [4.69, 9.17) is 5.73 Å². The predicted octanol–water partition coefficient (Wildman–Crippen LogP) is 1.55. The molecule has 0 bridgehead atoms. The van der Waals surface area contributed by atoms with Crippen LogP contribution in [0.2, 0.25) is 0 Å². The first-order chi connectivity index (χ1) is 6.11. The second kappa shape index (κ2) is 4.69. The van der Waals surface area contributed by atoms with E-state index in [1.165, 1.54) is 11.3 Å². The third-order valence-electron chi connectivity index (χ3n) is 1.89. The van der Waals surface area contributed by atoms with Gasteiger partial charge < -0.3 is 10.8 Å². The average Bonchev–Trinajstić information content (AvgIpc) is 2.53. The Balaban J connectivity index is 2.52. The Morgan fingerprint density at radius 1 is 1.62 bits per heavy atom. The molecule has 1 aromatic heterocycles. The molecule has 2 unspecified atom stereocenters. The number of aliphatic hydroxyl groups is 1. The monoisotopic (exact) mass is 200 g/mol. The summed E-state index contributed by atoms with van der Waals surface area (Å²) in [5.74, 6) is 0.512. The lowest BCUT2D eigenvalue weighted by molar-refractivity contribution is 0.139. The van der Waals surface area contributed by atoms with Crippen LogP contribution in [0.4, 0.5) is 0 Å². The van der Waals surface area contributed by atoms with Gasteiger partial charge in [-0.2, -0.15) is 0 Å². The van der Waals surface area contributed by atoms with Gasteiger partial charge in [0, 0.05) is 12.2 Å². The number of rotatable bonds is 4. The van der Waals surface area contributed by atoms with E-state index in [-0.39, 0.29) is 6.04 Å². The molecule has 3 nitrogen and oxygen atoms in total. The summed E-state index contributed by atoms with van der Waals surface area (Å²) in [5.41, 5.74) is 7.55. The van der Waals surface area contributed by atoms with E-state index in [1.54, 1.807) is 11.7 Å². The lowest BCUT2D eigenvalue weighted by Gasteiger charge is -2.18. The van der Waals surface area contributed by atoms with Gasteiger partial charge in [-0.05, 0) is 12.3 Å². The summed E-state index contributed by atoms with van der Waals surface area (Å²) in [6.07, 6.45) is 1.95. The molecule has 2 atom stereocenters. The Kier molecular flexibility index (Phi) is 3.84. The number of nitrogens with zero attached hydrogens (tertiary/aromatic N) is 1. The van der Waals surface area contributed by atoms with Crippen LogP contribution in [-0.4, -0.2) is 16.1 Å². The van der Waals surface area contributed by atoms with Gasteiger partial charge in [0.1, 0.15) is 6.10 Å². The van der Waals surface area contributed by atoms with Gasteiger partial charge in [-0.25, -0.2) is 0 Å². The standard InChI is InChI=1S/C9H16N2OS/c1-6(2)3-7(10)9(12)8-4-11-5-13-8/h4-7,9,12H,3,10H2,1-2H3. The second-order valence-corrected chi connectivity index (χ2v) is 4.56. The van der Waals surface area contributed by atoms with Crippen molar-refractivity contribution in [1.29, 1.82) is 0 Å². The van der Waals surface area contributed by atoms with Gasteiger partial charge in [-0.1, -0.05) is 13.8 Å². The molecule has 0 aliphatic carbocycles. The van der Waals surface area contributed by atoms with Crippen LogP contribution in [-0.2, 0) is 0 Å². The average molecular weight is 200 g/mol. The summed E-state index contributed by atoms with van der Waals surface area (Å²) in [7, 11) is 0. The largest absolute Gasteiger partial charge is 0.386 e. The molecule has 0 saturated carbocycles. The van der Waals surface area contributed by atoms with E-state index in [9.17, 15) is 5.11 Å². The summed E-state index contributed by atoms with van der Waals surface area (Å²) in [4.78, 5) is 4.76. The summed E-state index contributed by atoms with van der Waals surface area (Å²) in [5, 5.41) is 9.77. The summed E-state index contributed by atoms with van der Waals surface area (Å²) < 4.78 is 0. The van der Waals surface area contributed by atoms with Crippen molar-refractivity contribution >= 4 is 11.3 Å². The van der Waals surface area contributed by atoms with Crippen LogP contribution in [0.15, 0.2) is 11.7 Å². The molecule has 1 rings (SSSR count). The molecule has 1 aromatic rings. The summed E-state index contributed by atoms with van der Waals surface area (Å²) >= 11 is 1.45. The quantitative estimate of drug-likeness (QED) is 0.775. The Morgan fingerprint density at radius 2 is 2.31 bits per heavy atom. The zero-order valence-corrected chi connectivity index (χ0v) is 8.79. The summed E-state index contributed by atoms with van der Waals surface area (Å²) in [6.45, 7) is 4.19. The highest BCUT2D eigenvalue weighted by molar-refractivity contribution is 7.09. The van der Waals surface area contributed by atoms with Crippen molar-refractivity contribution in [3.63, 3.8) is 0 Å². The van der Waals surface area contributed by atoms with Gasteiger partial charge in [0.2, 0.25) is 0 Å². The number of thiazole rings is 1. The fourth-order valence-corrected chi connectivity index (χ4v) is 1.94. The number of hydrogen-bond acceptors (Lipinski definition) is 4. The highest BCUT2D eigenvalue weighted by atomic mass is 32.1. The maximum absolute atomic E-state index is 9.77. The molecule has 3 N–H and O–H groups in total. The van der Waals surface area contributed by atoms with Crippen molar-refractivity contribution in [2.75, 3.05) is 0 Å². The minimum Gasteiger partial charge on any atom is -0.386 e. The lowest BCUT2D eigenvalue weighted by Crippen LogP contribution is -2.29. The van der Waals surface area contributed by atoms with Crippen LogP contribution in [0.25, 0.3) is 0 Å². The van der Waals surface area contributed by atoms with E-state index < -0.39 is 6.10 Å². The Labute approximate surface area is 82.6 Å². The maximum Gasteiger partial charge on any atom is 0.105 e. The Bertz CT molecular complexity index is 236. The van der Waals surface area contributed by atoms with Crippen LogP contribution < -0.4 is 5.73 Å². The van der Waals surface area contributed by atoms with Gasteiger partial charge in [0.15, 0.2) is 0 Å². The fourth-order valence-electron chi connectivity index (χ4n) is 1.26. The van der Waals surface area contributed by atoms with Gasteiger partial charge in [-0.3, -0.25) is 4.98 Å². The molecule has 0 radical (unpaired) electrons. The fraction of sp³-hybridized carbons (Fsp3) is 0.667. The van der Waals surface area contributed by atoms with Gasteiger partial charge in [-0.15, -0.1) is 11.3 Å². The van der Waals surface area contributed by atoms with Gasteiger partial charge in [0.05, 0.1) is 10.4 Å². The predicted molar refractivity (Wildman–Crippen MR) is 54.5 cm³/mol. The molecule has 4 heteroatoms. The van der Waals surface area contributed by atoms with Crippen molar-refractivity contribution in [2.45, 2.75) is 32.4 Å². The van der Waals surface area contributed by atoms with E-state index in [0.29, 0.717) is 5.92 Å². The molecule has 0 saturated heterocycles. The minimum atomic E-state index is -0.560. The van der Waals surface area contributed by atoms with E-state index in [2.05, 4.69) is 18.8 Å². The molecule has 74 valence electrons. The topological polar surface area (TPSA) is 59.1 Å². The van der Waals surface area contributed by atoms with Crippen molar-refractivity contribution in [3.05, 3.63) is 16.6 Å². The SMILES string of the molecule is CC(C)CC(N)C(O)c1cncs1. The first-order valence-corrected chi connectivity index (χ1v) is 5.31. The third kappa shape index (κ3) is 3.06. The molecular formula is C9H16N2OS. The van der Waals surface area contributed by atoms with Crippen molar-refractivity contribution < 1.29 is 5.11 Å². The number of aromatic nitrogens is 1. The zero-order chi connectivity index (χ0) is 9.84. The maximum atomic E-state index is 9.77. The molecule has 0 aliphatic heterocycles. The molecule has 0 fully saturated rings. The van der Waals surface area contributed by atoms with Crippen LogP contribution >= 0.6 is 11.3 Å². The molecule has 0 aliphatic rings. The van der Waals surface area contributed by atoms with Crippen LogP contribution in [0, 0.1) is 5.92 Å². The van der Waals surface area contributed by atoms with Crippen LogP contribution in [0.5, 0.6) is 0 Å². The molecule has 0 spiro atoms.